The Labute approximate surface area is 123 Å². The summed E-state index contributed by atoms with van der Waals surface area (Å²) < 4.78 is 10.8. The Morgan fingerprint density at radius 1 is 0.952 bits per heavy atom. The Balaban J connectivity index is 2.20. The number of ether oxygens (including phenoxy) is 2. The summed E-state index contributed by atoms with van der Waals surface area (Å²) in [6.45, 7) is 1.02. The lowest BCUT2D eigenvalue weighted by atomic mass is 9.99. The Morgan fingerprint density at radius 2 is 1.67 bits per heavy atom. The zero-order valence-corrected chi connectivity index (χ0v) is 11.8. The van der Waals surface area contributed by atoms with Crippen LogP contribution in [0.2, 0.25) is 0 Å². The zero-order valence-electron chi connectivity index (χ0n) is 11.8. The van der Waals surface area contributed by atoms with Crippen LogP contribution in [0.25, 0.3) is 21.5 Å². The van der Waals surface area contributed by atoms with E-state index in [1.54, 1.807) is 13.2 Å². The van der Waals surface area contributed by atoms with Gasteiger partial charge in [0, 0.05) is 18.1 Å². The van der Waals surface area contributed by atoms with Gasteiger partial charge >= 0.3 is 0 Å². The molecule has 0 heterocycles. The molecule has 0 atom stereocenters. The minimum Gasteiger partial charge on any atom is -0.491 e. The summed E-state index contributed by atoms with van der Waals surface area (Å²) in [5, 5.41) is 4.11. The number of carbonyl (C=O) groups excluding carboxylic acids is 1. The van der Waals surface area contributed by atoms with Crippen molar-refractivity contribution in [2.24, 2.45) is 0 Å². The summed E-state index contributed by atoms with van der Waals surface area (Å²) in [6, 6.07) is 15.8. The van der Waals surface area contributed by atoms with Crippen LogP contribution in [-0.2, 0) is 4.74 Å². The molecular formula is C18H16O3. The molecule has 3 nitrogen and oxygen atoms in total. The van der Waals surface area contributed by atoms with Crippen LogP contribution in [0.5, 0.6) is 5.75 Å². The van der Waals surface area contributed by atoms with E-state index in [1.165, 1.54) is 0 Å². The van der Waals surface area contributed by atoms with E-state index in [-0.39, 0.29) is 0 Å². The van der Waals surface area contributed by atoms with E-state index in [0.717, 1.165) is 33.6 Å². The molecular weight excluding hydrogens is 264 g/mol. The number of rotatable bonds is 5. The van der Waals surface area contributed by atoms with Gasteiger partial charge in [0.1, 0.15) is 12.4 Å². The third kappa shape index (κ3) is 2.60. The maximum Gasteiger partial charge on any atom is 0.150 e. The van der Waals surface area contributed by atoms with Crippen LogP contribution in [0.4, 0.5) is 0 Å². The van der Waals surface area contributed by atoms with Crippen LogP contribution in [0.15, 0.2) is 48.5 Å². The predicted molar refractivity (Wildman–Crippen MR) is 84.2 cm³/mol. The zero-order chi connectivity index (χ0) is 14.7. The van der Waals surface area contributed by atoms with E-state index in [4.69, 9.17) is 9.47 Å². The monoisotopic (exact) mass is 280 g/mol. The van der Waals surface area contributed by atoms with Crippen LogP contribution >= 0.6 is 0 Å². The molecule has 0 bridgehead atoms. The lowest BCUT2D eigenvalue weighted by molar-refractivity contribution is 0.112. The van der Waals surface area contributed by atoms with Gasteiger partial charge in [-0.15, -0.1) is 0 Å². The van der Waals surface area contributed by atoms with E-state index in [0.29, 0.717) is 18.8 Å². The van der Waals surface area contributed by atoms with E-state index in [9.17, 15) is 4.79 Å². The van der Waals surface area contributed by atoms with Crippen molar-refractivity contribution in [1.29, 1.82) is 0 Å². The van der Waals surface area contributed by atoms with Gasteiger partial charge in [-0.05, 0) is 40.4 Å². The van der Waals surface area contributed by atoms with Crippen molar-refractivity contribution in [2.45, 2.75) is 0 Å². The maximum absolute atomic E-state index is 11.3. The van der Waals surface area contributed by atoms with E-state index < -0.39 is 0 Å². The second kappa shape index (κ2) is 5.94. The van der Waals surface area contributed by atoms with Crippen molar-refractivity contribution in [3.05, 3.63) is 54.1 Å². The van der Waals surface area contributed by atoms with Crippen molar-refractivity contribution >= 4 is 27.8 Å². The van der Waals surface area contributed by atoms with Gasteiger partial charge in [-0.1, -0.05) is 24.3 Å². The number of benzene rings is 3. The van der Waals surface area contributed by atoms with Gasteiger partial charge in [0.15, 0.2) is 6.29 Å². The number of hydrogen-bond donors (Lipinski definition) is 0. The predicted octanol–water partition coefficient (Wildman–Crippen LogP) is 3.83. The first-order valence-corrected chi connectivity index (χ1v) is 6.86. The standard InChI is InChI=1S/C18H16O3/c1-20-8-9-21-18-7-6-15(12-19)16-10-13-4-2-3-5-14(13)11-17(16)18/h2-7,10-12H,8-9H2,1H3. The third-order valence-electron chi connectivity index (χ3n) is 3.55. The van der Waals surface area contributed by atoms with E-state index >= 15 is 0 Å². The molecule has 3 rings (SSSR count). The maximum atomic E-state index is 11.3. The fourth-order valence-electron chi connectivity index (χ4n) is 2.49. The van der Waals surface area contributed by atoms with Gasteiger partial charge < -0.3 is 9.47 Å². The molecule has 0 N–H and O–H groups in total. The number of carbonyl (C=O) groups is 1. The van der Waals surface area contributed by atoms with Crippen molar-refractivity contribution < 1.29 is 14.3 Å². The topological polar surface area (TPSA) is 35.5 Å². The second-order valence-corrected chi connectivity index (χ2v) is 4.86. The Hall–Kier alpha value is -2.39. The van der Waals surface area contributed by atoms with Gasteiger partial charge in [0.05, 0.1) is 6.61 Å². The molecule has 0 amide bonds. The van der Waals surface area contributed by atoms with E-state index in [2.05, 4.69) is 12.1 Å². The van der Waals surface area contributed by atoms with Crippen LogP contribution in [0.1, 0.15) is 10.4 Å². The molecule has 3 aromatic carbocycles. The van der Waals surface area contributed by atoms with Crippen LogP contribution in [0.3, 0.4) is 0 Å². The lowest BCUT2D eigenvalue weighted by Crippen LogP contribution is -2.04. The fraction of sp³-hybridized carbons (Fsp3) is 0.167. The summed E-state index contributed by atoms with van der Waals surface area (Å²) in [5.41, 5.74) is 0.676. The fourth-order valence-corrected chi connectivity index (χ4v) is 2.49. The highest BCUT2D eigenvalue weighted by Crippen LogP contribution is 2.32. The Bertz CT molecular complexity index is 793. The van der Waals surface area contributed by atoms with Gasteiger partial charge in [0.2, 0.25) is 0 Å². The Kier molecular flexibility index (Phi) is 3.84. The first kappa shape index (κ1) is 13.6. The summed E-state index contributed by atoms with van der Waals surface area (Å²) in [5.74, 6) is 0.776. The van der Waals surface area contributed by atoms with E-state index in [1.807, 2.05) is 30.3 Å². The van der Waals surface area contributed by atoms with Crippen LogP contribution < -0.4 is 4.74 Å². The highest BCUT2D eigenvalue weighted by molar-refractivity contribution is 6.07. The average molecular weight is 280 g/mol. The minimum absolute atomic E-state index is 0.485. The van der Waals surface area contributed by atoms with Crippen molar-refractivity contribution in [2.75, 3.05) is 20.3 Å². The van der Waals surface area contributed by atoms with Crippen molar-refractivity contribution in [3.63, 3.8) is 0 Å². The first-order valence-electron chi connectivity index (χ1n) is 6.86. The molecule has 0 aliphatic carbocycles. The Morgan fingerprint density at radius 3 is 2.33 bits per heavy atom. The first-order chi connectivity index (χ1) is 10.3. The summed E-state index contributed by atoms with van der Waals surface area (Å²) in [7, 11) is 1.64. The molecule has 0 unspecified atom stereocenters. The third-order valence-corrected chi connectivity index (χ3v) is 3.55. The SMILES string of the molecule is COCCOc1ccc(C=O)c2cc3ccccc3cc12. The van der Waals surface area contributed by atoms with Gasteiger partial charge in [0.25, 0.3) is 0 Å². The summed E-state index contributed by atoms with van der Waals surface area (Å²) in [4.78, 5) is 11.3. The van der Waals surface area contributed by atoms with Crippen LogP contribution in [0, 0.1) is 0 Å². The molecule has 106 valence electrons. The molecule has 0 spiro atoms. The van der Waals surface area contributed by atoms with Gasteiger partial charge in [-0.25, -0.2) is 0 Å². The van der Waals surface area contributed by atoms with Gasteiger partial charge in [-0.3, -0.25) is 4.79 Å². The molecule has 3 aromatic rings. The number of fused-ring (bicyclic) bond motifs is 2. The number of hydrogen-bond acceptors (Lipinski definition) is 3. The smallest absolute Gasteiger partial charge is 0.150 e. The van der Waals surface area contributed by atoms with Gasteiger partial charge in [-0.2, -0.15) is 0 Å². The molecule has 0 aromatic heterocycles. The molecule has 0 aliphatic heterocycles. The second-order valence-electron chi connectivity index (χ2n) is 4.86. The average Bonchev–Trinajstić information content (AvgIpc) is 2.53. The molecule has 0 saturated carbocycles. The largest absolute Gasteiger partial charge is 0.491 e. The molecule has 0 aliphatic rings. The normalized spacial score (nSPS) is 10.9. The lowest BCUT2D eigenvalue weighted by Gasteiger charge is -2.11. The molecule has 0 saturated heterocycles. The highest BCUT2D eigenvalue weighted by Gasteiger charge is 2.08. The molecule has 0 radical (unpaired) electrons. The van der Waals surface area contributed by atoms with Crippen molar-refractivity contribution in [3.8, 4) is 5.75 Å². The van der Waals surface area contributed by atoms with Crippen molar-refractivity contribution in [1.82, 2.24) is 0 Å². The van der Waals surface area contributed by atoms with Crippen LogP contribution in [-0.4, -0.2) is 26.6 Å². The summed E-state index contributed by atoms with van der Waals surface area (Å²) >= 11 is 0. The molecule has 21 heavy (non-hydrogen) atoms. The number of methoxy groups -OCH3 is 1. The minimum atomic E-state index is 0.485. The molecule has 3 heteroatoms. The highest BCUT2D eigenvalue weighted by atomic mass is 16.5. The molecule has 0 fully saturated rings. The number of aldehydes is 1. The summed E-state index contributed by atoms with van der Waals surface area (Å²) in [6.07, 6.45) is 0.885. The quantitative estimate of drug-likeness (QED) is 0.405.